The number of rotatable bonds is 4. The van der Waals surface area contributed by atoms with E-state index in [1.165, 1.54) is 11.1 Å². The summed E-state index contributed by atoms with van der Waals surface area (Å²) in [5.41, 5.74) is 8.27. The molecule has 2 rings (SSSR count). The Bertz CT molecular complexity index is 482. The van der Waals surface area contributed by atoms with Crippen LogP contribution in [0.1, 0.15) is 24.0 Å². The van der Waals surface area contributed by atoms with E-state index in [0.29, 0.717) is 24.0 Å². The largest absolute Gasteiger partial charge is 0.330 e. The van der Waals surface area contributed by atoms with Gasteiger partial charge in [-0.05, 0) is 49.3 Å². The zero-order valence-corrected chi connectivity index (χ0v) is 11.5. The Hall–Kier alpha value is -0.870. The second-order valence-corrected chi connectivity index (χ2v) is 7.41. The number of sulfone groups is 1. The molecule has 1 saturated heterocycles. The molecule has 1 aliphatic heterocycles. The van der Waals surface area contributed by atoms with Crippen molar-refractivity contribution in [2.45, 2.75) is 25.7 Å². The van der Waals surface area contributed by atoms with Gasteiger partial charge in [-0.15, -0.1) is 0 Å². The summed E-state index contributed by atoms with van der Waals surface area (Å²) >= 11 is 0. The Morgan fingerprint density at radius 2 is 1.72 bits per heavy atom. The van der Waals surface area contributed by atoms with Crippen molar-refractivity contribution in [2.75, 3.05) is 18.1 Å². The van der Waals surface area contributed by atoms with Crippen molar-refractivity contribution in [2.24, 2.45) is 11.7 Å². The smallest absolute Gasteiger partial charge is 0.150 e. The van der Waals surface area contributed by atoms with Gasteiger partial charge in [0.25, 0.3) is 0 Å². The van der Waals surface area contributed by atoms with E-state index in [1.54, 1.807) is 0 Å². The van der Waals surface area contributed by atoms with Crippen molar-refractivity contribution in [1.29, 1.82) is 0 Å². The van der Waals surface area contributed by atoms with E-state index in [2.05, 4.69) is 18.2 Å². The molecule has 1 aliphatic rings. The van der Waals surface area contributed by atoms with Crippen molar-refractivity contribution >= 4 is 9.84 Å². The van der Waals surface area contributed by atoms with Crippen LogP contribution in [0.4, 0.5) is 0 Å². The molecular formula is C14H21NO2S. The monoisotopic (exact) mass is 267 g/mol. The van der Waals surface area contributed by atoms with E-state index in [9.17, 15) is 8.42 Å². The lowest BCUT2D eigenvalue weighted by Gasteiger charge is -2.23. The van der Waals surface area contributed by atoms with E-state index in [0.717, 1.165) is 25.7 Å². The Kier molecular flexibility index (Phi) is 4.40. The number of hydrogen-bond acceptors (Lipinski definition) is 3. The van der Waals surface area contributed by atoms with Crippen LogP contribution in [0, 0.1) is 5.92 Å². The maximum Gasteiger partial charge on any atom is 0.150 e. The van der Waals surface area contributed by atoms with Gasteiger partial charge in [-0.25, -0.2) is 8.42 Å². The van der Waals surface area contributed by atoms with Crippen LogP contribution in [-0.2, 0) is 22.7 Å². The van der Waals surface area contributed by atoms with Gasteiger partial charge in [-0.1, -0.05) is 24.3 Å². The van der Waals surface area contributed by atoms with Crippen LogP contribution in [0.25, 0.3) is 0 Å². The summed E-state index contributed by atoms with van der Waals surface area (Å²) < 4.78 is 22.8. The van der Waals surface area contributed by atoms with Crippen LogP contribution in [0.3, 0.4) is 0 Å². The highest BCUT2D eigenvalue weighted by Crippen LogP contribution is 2.24. The lowest BCUT2D eigenvalue weighted by molar-refractivity contribution is 0.461. The fourth-order valence-corrected chi connectivity index (χ4v) is 4.20. The van der Waals surface area contributed by atoms with Crippen LogP contribution < -0.4 is 5.73 Å². The third-order valence-electron chi connectivity index (χ3n) is 3.71. The molecule has 1 aromatic carbocycles. The highest BCUT2D eigenvalue weighted by molar-refractivity contribution is 7.91. The van der Waals surface area contributed by atoms with Crippen molar-refractivity contribution in [3.63, 3.8) is 0 Å². The highest BCUT2D eigenvalue weighted by atomic mass is 32.2. The Labute approximate surface area is 109 Å². The molecule has 0 bridgehead atoms. The Balaban J connectivity index is 2.02. The summed E-state index contributed by atoms with van der Waals surface area (Å²) in [6, 6.07) is 8.37. The molecule has 0 atom stereocenters. The Morgan fingerprint density at radius 1 is 1.11 bits per heavy atom. The third kappa shape index (κ3) is 3.56. The van der Waals surface area contributed by atoms with Gasteiger partial charge < -0.3 is 5.73 Å². The van der Waals surface area contributed by atoms with Crippen LogP contribution in [-0.4, -0.2) is 26.5 Å². The minimum atomic E-state index is -2.75. The van der Waals surface area contributed by atoms with Crippen LogP contribution >= 0.6 is 0 Å². The van der Waals surface area contributed by atoms with Gasteiger partial charge in [-0.2, -0.15) is 0 Å². The highest BCUT2D eigenvalue weighted by Gasteiger charge is 2.23. The fraction of sp³-hybridized carbons (Fsp3) is 0.571. The summed E-state index contributed by atoms with van der Waals surface area (Å²) in [6.45, 7) is 0.663. The zero-order chi connectivity index (χ0) is 13.0. The summed E-state index contributed by atoms with van der Waals surface area (Å²) in [6.07, 6.45) is 3.51. The van der Waals surface area contributed by atoms with Gasteiger partial charge in [0, 0.05) is 0 Å². The molecule has 0 unspecified atom stereocenters. The van der Waals surface area contributed by atoms with Crippen molar-refractivity contribution in [3.05, 3.63) is 35.4 Å². The van der Waals surface area contributed by atoms with E-state index in [4.69, 9.17) is 5.73 Å². The number of hydrogen-bond donors (Lipinski definition) is 1. The van der Waals surface area contributed by atoms with Crippen molar-refractivity contribution < 1.29 is 8.42 Å². The molecule has 4 heteroatoms. The molecule has 3 nitrogen and oxygen atoms in total. The second kappa shape index (κ2) is 5.85. The molecule has 0 aliphatic carbocycles. The second-order valence-electron chi connectivity index (χ2n) is 5.11. The van der Waals surface area contributed by atoms with E-state index >= 15 is 0 Å². The predicted molar refractivity (Wildman–Crippen MR) is 74.3 cm³/mol. The van der Waals surface area contributed by atoms with Gasteiger partial charge in [-0.3, -0.25) is 0 Å². The van der Waals surface area contributed by atoms with E-state index in [1.807, 2.05) is 6.07 Å². The molecule has 0 aromatic heterocycles. The predicted octanol–water partition coefficient (Wildman–Crippen LogP) is 1.56. The summed E-state index contributed by atoms with van der Waals surface area (Å²) in [5, 5.41) is 0. The molecule has 1 heterocycles. The minimum Gasteiger partial charge on any atom is -0.330 e. The zero-order valence-electron chi connectivity index (χ0n) is 10.6. The van der Waals surface area contributed by atoms with Crippen LogP contribution in [0.2, 0.25) is 0 Å². The van der Waals surface area contributed by atoms with Crippen LogP contribution in [0.5, 0.6) is 0 Å². The van der Waals surface area contributed by atoms with Gasteiger partial charge in [0.2, 0.25) is 0 Å². The quantitative estimate of drug-likeness (QED) is 0.900. The molecule has 0 spiro atoms. The third-order valence-corrected chi connectivity index (χ3v) is 5.43. The fourth-order valence-electron chi connectivity index (χ4n) is 2.61. The summed E-state index contributed by atoms with van der Waals surface area (Å²) in [5.74, 6) is 1.22. The van der Waals surface area contributed by atoms with Gasteiger partial charge in [0.15, 0.2) is 0 Å². The lowest BCUT2D eigenvalue weighted by atomic mass is 9.91. The molecule has 0 radical (unpaired) electrons. The molecule has 0 amide bonds. The minimum absolute atomic E-state index is 0.358. The lowest BCUT2D eigenvalue weighted by Crippen LogP contribution is -2.24. The van der Waals surface area contributed by atoms with Gasteiger partial charge in [0.1, 0.15) is 9.84 Å². The van der Waals surface area contributed by atoms with Gasteiger partial charge >= 0.3 is 0 Å². The van der Waals surface area contributed by atoms with Crippen molar-refractivity contribution in [1.82, 2.24) is 0 Å². The van der Waals surface area contributed by atoms with Crippen LogP contribution in [0.15, 0.2) is 24.3 Å². The first-order valence-corrected chi connectivity index (χ1v) is 8.40. The molecule has 100 valence electrons. The molecule has 2 N–H and O–H groups in total. The molecular weight excluding hydrogens is 246 g/mol. The van der Waals surface area contributed by atoms with E-state index < -0.39 is 9.84 Å². The maximum absolute atomic E-state index is 11.4. The first-order chi connectivity index (χ1) is 8.61. The number of nitrogens with two attached hydrogens (primary N) is 1. The summed E-state index contributed by atoms with van der Waals surface area (Å²) in [7, 11) is -2.75. The average Bonchev–Trinajstić information content (AvgIpc) is 2.35. The summed E-state index contributed by atoms with van der Waals surface area (Å²) in [4.78, 5) is 0. The topological polar surface area (TPSA) is 60.2 Å². The molecule has 1 aromatic rings. The Morgan fingerprint density at radius 3 is 2.33 bits per heavy atom. The first kappa shape index (κ1) is 13.6. The molecule has 0 saturated carbocycles. The first-order valence-electron chi connectivity index (χ1n) is 6.58. The van der Waals surface area contributed by atoms with Crippen molar-refractivity contribution in [3.8, 4) is 0 Å². The SMILES string of the molecule is NCCc1ccccc1CC1CCS(=O)(=O)CC1. The molecule has 1 fully saturated rings. The molecule has 18 heavy (non-hydrogen) atoms. The maximum atomic E-state index is 11.4. The van der Waals surface area contributed by atoms with Gasteiger partial charge in [0.05, 0.1) is 11.5 Å². The average molecular weight is 267 g/mol. The normalized spacial score (nSPS) is 19.8. The van der Waals surface area contributed by atoms with E-state index in [-0.39, 0.29) is 0 Å². The standard InChI is InChI=1S/C14H21NO2S/c15-8-5-13-3-1-2-4-14(13)11-12-6-9-18(16,17)10-7-12/h1-4,12H,5-11,15H2. The number of benzene rings is 1.